The van der Waals surface area contributed by atoms with E-state index >= 15 is 0 Å². The van der Waals surface area contributed by atoms with E-state index in [4.69, 9.17) is 9.47 Å². The standard InChI is InChI=1S/C18H15N3O5S/c22-17-15-9-4-2-1-3-5-14(9)27-18(15)20-16(19-17)10-6-12-13(26-8-25-12)7-11(10)21(23)24/h6-7H,1-5,8H2,(H,19,20,22). The van der Waals surface area contributed by atoms with Crippen molar-refractivity contribution in [3.8, 4) is 22.9 Å². The van der Waals surface area contributed by atoms with Gasteiger partial charge in [0, 0.05) is 10.9 Å². The van der Waals surface area contributed by atoms with E-state index in [1.807, 2.05) is 0 Å². The van der Waals surface area contributed by atoms with Gasteiger partial charge >= 0.3 is 0 Å². The van der Waals surface area contributed by atoms with Crippen molar-refractivity contribution in [2.45, 2.75) is 32.1 Å². The molecule has 9 heteroatoms. The Morgan fingerprint density at radius 2 is 1.93 bits per heavy atom. The average molecular weight is 385 g/mol. The highest BCUT2D eigenvalue weighted by molar-refractivity contribution is 7.18. The largest absolute Gasteiger partial charge is 0.454 e. The fourth-order valence-corrected chi connectivity index (χ4v) is 5.00. The smallest absolute Gasteiger partial charge is 0.284 e. The van der Waals surface area contributed by atoms with Crippen LogP contribution in [0.15, 0.2) is 16.9 Å². The zero-order valence-corrected chi connectivity index (χ0v) is 15.1. The summed E-state index contributed by atoms with van der Waals surface area (Å²) in [4.78, 5) is 33.0. The van der Waals surface area contributed by atoms with Gasteiger partial charge in [0.15, 0.2) is 11.5 Å². The van der Waals surface area contributed by atoms with Gasteiger partial charge in [-0.05, 0) is 31.2 Å². The first-order chi connectivity index (χ1) is 13.1. The van der Waals surface area contributed by atoms with Crippen molar-refractivity contribution in [2.24, 2.45) is 0 Å². The number of aromatic amines is 1. The maximum Gasteiger partial charge on any atom is 0.284 e. The molecule has 0 fully saturated rings. The number of hydrogen-bond donors (Lipinski definition) is 1. The topological polar surface area (TPSA) is 107 Å². The van der Waals surface area contributed by atoms with Crippen LogP contribution in [-0.2, 0) is 12.8 Å². The normalized spacial score (nSPS) is 15.6. The van der Waals surface area contributed by atoms with Crippen molar-refractivity contribution >= 4 is 27.2 Å². The van der Waals surface area contributed by atoms with Gasteiger partial charge in [-0.1, -0.05) is 6.42 Å². The van der Waals surface area contributed by atoms with Crippen LogP contribution < -0.4 is 15.0 Å². The number of aromatic nitrogens is 2. The van der Waals surface area contributed by atoms with Crippen LogP contribution in [0.1, 0.15) is 29.7 Å². The van der Waals surface area contributed by atoms with Crippen LogP contribution in [0.5, 0.6) is 11.5 Å². The summed E-state index contributed by atoms with van der Waals surface area (Å²) in [6.07, 6.45) is 5.17. The maximum atomic E-state index is 12.8. The molecule has 5 rings (SSSR count). The first-order valence-corrected chi connectivity index (χ1v) is 9.56. The van der Waals surface area contributed by atoms with Crippen molar-refractivity contribution in [1.29, 1.82) is 0 Å². The molecule has 1 N–H and O–H groups in total. The molecule has 0 atom stereocenters. The van der Waals surface area contributed by atoms with Gasteiger partial charge < -0.3 is 14.5 Å². The van der Waals surface area contributed by atoms with E-state index in [-0.39, 0.29) is 29.4 Å². The Bertz CT molecular complexity index is 1150. The fourth-order valence-electron chi connectivity index (χ4n) is 3.74. The number of aryl methyl sites for hydroxylation is 2. The van der Waals surface area contributed by atoms with Crippen LogP contribution in [0.4, 0.5) is 5.69 Å². The summed E-state index contributed by atoms with van der Waals surface area (Å²) in [5, 5.41) is 12.2. The van der Waals surface area contributed by atoms with Gasteiger partial charge in [0.2, 0.25) is 6.79 Å². The Kier molecular flexibility index (Phi) is 3.64. The van der Waals surface area contributed by atoms with E-state index in [1.54, 1.807) is 0 Å². The summed E-state index contributed by atoms with van der Waals surface area (Å²) in [6.45, 7) is 0.0105. The van der Waals surface area contributed by atoms with Gasteiger partial charge in [0.05, 0.1) is 21.9 Å². The number of H-pyrrole nitrogens is 1. The van der Waals surface area contributed by atoms with Crippen LogP contribution in [0.2, 0.25) is 0 Å². The third kappa shape index (κ3) is 2.57. The molecule has 1 aromatic carbocycles. The highest BCUT2D eigenvalue weighted by atomic mass is 32.1. The first-order valence-electron chi connectivity index (χ1n) is 8.75. The highest BCUT2D eigenvalue weighted by Gasteiger charge is 2.27. The number of ether oxygens (including phenoxy) is 2. The molecular weight excluding hydrogens is 370 g/mol. The second kappa shape index (κ2) is 6.05. The van der Waals surface area contributed by atoms with E-state index < -0.39 is 4.92 Å². The minimum absolute atomic E-state index is 0.0105. The SMILES string of the molecule is O=c1[nH]c(-c2cc3c(cc2[N+](=O)[O-])OCO3)nc2sc3c(c12)CCCCC3. The van der Waals surface area contributed by atoms with Gasteiger partial charge in [0.1, 0.15) is 10.7 Å². The lowest BCUT2D eigenvalue weighted by Gasteiger charge is -2.05. The number of nitrogens with one attached hydrogen (secondary N) is 1. The van der Waals surface area contributed by atoms with Crippen LogP contribution >= 0.6 is 11.3 Å². The van der Waals surface area contributed by atoms with Crippen LogP contribution in [-0.4, -0.2) is 21.7 Å². The third-order valence-corrected chi connectivity index (χ3v) is 6.20. The minimum Gasteiger partial charge on any atom is -0.454 e. The number of nitro benzene ring substituents is 1. The number of nitrogens with zero attached hydrogens (tertiary/aromatic N) is 2. The summed E-state index contributed by atoms with van der Waals surface area (Å²) >= 11 is 1.52. The van der Waals surface area contributed by atoms with Crippen molar-refractivity contribution in [3.63, 3.8) is 0 Å². The summed E-state index contributed by atoms with van der Waals surface area (Å²) in [5.41, 5.74) is 0.876. The van der Waals surface area contributed by atoms with Crippen molar-refractivity contribution in [1.82, 2.24) is 9.97 Å². The summed E-state index contributed by atoms with van der Waals surface area (Å²) in [6, 6.07) is 2.81. The Morgan fingerprint density at radius 3 is 2.74 bits per heavy atom. The molecule has 8 nitrogen and oxygen atoms in total. The molecule has 0 saturated carbocycles. The van der Waals surface area contributed by atoms with E-state index in [0.717, 1.165) is 37.7 Å². The van der Waals surface area contributed by atoms with Crippen LogP contribution in [0.25, 0.3) is 21.6 Å². The summed E-state index contributed by atoms with van der Waals surface area (Å²) < 4.78 is 10.6. The highest BCUT2D eigenvalue weighted by Crippen LogP contribution is 2.42. The molecule has 2 aromatic heterocycles. The number of thiophene rings is 1. The monoisotopic (exact) mass is 385 g/mol. The Balaban J connectivity index is 1.73. The van der Waals surface area contributed by atoms with Gasteiger partial charge in [0.25, 0.3) is 11.2 Å². The summed E-state index contributed by atoms with van der Waals surface area (Å²) in [7, 11) is 0. The Hall–Kier alpha value is -2.94. The fraction of sp³-hybridized carbons (Fsp3) is 0.333. The van der Waals surface area contributed by atoms with Crippen molar-refractivity contribution in [2.75, 3.05) is 6.79 Å². The lowest BCUT2D eigenvalue weighted by Crippen LogP contribution is -2.10. The number of benzene rings is 1. The number of rotatable bonds is 2. The molecule has 2 aliphatic rings. The number of hydrogen-bond acceptors (Lipinski definition) is 7. The molecular formula is C18H15N3O5S. The predicted octanol–water partition coefficient (Wildman–Crippen LogP) is 3.56. The molecule has 27 heavy (non-hydrogen) atoms. The average Bonchev–Trinajstić information content (AvgIpc) is 3.18. The molecule has 1 aliphatic heterocycles. The third-order valence-electron chi connectivity index (χ3n) is 5.02. The molecule has 3 aromatic rings. The van der Waals surface area contributed by atoms with Gasteiger partial charge in [-0.25, -0.2) is 4.98 Å². The molecule has 0 spiro atoms. The van der Waals surface area contributed by atoms with Gasteiger partial charge in [-0.2, -0.15) is 0 Å². The van der Waals surface area contributed by atoms with E-state index in [9.17, 15) is 14.9 Å². The van der Waals surface area contributed by atoms with Gasteiger partial charge in [-0.15, -0.1) is 11.3 Å². The molecule has 0 unspecified atom stereocenters. The van der Waals surface area contributed by atoms with Crippen LogP contribution in [0, 0.1) is 10.1 Å². The first kappa shape index (κ1) is 16.2. The molecule has 0 saturated heterocycles. The summed E-state index contributed by atoms with van der Waals surface area (Å²) in [5.74, 6) is 0.894. The lowest BCUT2D eigenvalue weighted by atomic mass is 10.1. The van der Waals surface area contributed by atoms with E-state index in [2.05, 4.69) is 9.97 Å². The molecule has 0 radical (unpaired) electrons. The van der Waals surface area contributed by atoms with E-state index in [1.165, 1.54) is 28.3 Å². The number of nitro groups is 1. The van der Waals surface area contributed by atoms with Crippen molar-refractivity contribution < 1.29 is 14.4 Å². The zero-order valence-electron chi connectivity index (χ0n) is 14.2. The Morgan fingerprint density at radius 1 is 1.15 bits per heavy atom. The predicted molar refractivity (Wildman–Crippen MR) is 99.7 cm³/mol. The van der Waals surface area contributed by atoms with Gasteiger partial charge in [-0.3, -0.25) is 14.9 Å². The molecule has 1 aliphatic carbocycles. The van der Waals surface area contributed by atoms with Crippen molar-refractivity contribution in [3.05, 3.63) is 43.0 Å². The zero-order chi connectivity index (χ0) is 18.5. The molecule has 3 heterocycles. The second-order valence-corrected chi connectivity index (χ2v) is 7.72. The quantitative estimate of drug-likeness (QED) is 0.411. The maximum absolute atomic E-state index is 12.8. The lowest BCUT2D eigenvalue weighted by molar-refractivity contribution is -0.384. The Labute approximate surface area is 156 Å². The van der Waals surface area contributed by atoms with Crippen LogP contribution in [0.3, 0.4) is 0 Å². The second-order valence-electron chi connectivity index (χ2n) is 6.64. The molecule has 138 valence electrons. The molecule has 0 amide bonds. The minimum atomic E-state index is -0.509. The van der Waals surface area contributed by atoms with E-state index in [0.29, 0.717) is 21.7 Å². The molecule has 0 bridgehead atoms. The number of fused-ring (bicyclic) bond motifs is 4.